The zero-order chi connectivity index (χ0) is 25.1. The zero-order valence-corrected chi connectivity index (χ0v) is 25.0. The second-order valence-electron chi connectivity index (χ2n) is 7.18. The summed E-state index contributed by atoms with van der Waals surface area (Å²) in [6.07, 6.45) is 1.82. The fourth-order valence-corrected chi connectivity index (χ4v) is 6.39. The predicted octanol–water partition coefficient (Wildman–Crippen LogP) is 7.48. The summed E-state index contributed by atoms with van der Waals surface area (Å²) in [5, 5.41) is 12.8. The van der Waals surface area contributed by atoms with Gasteiger partial charge in [0.2, 0.25) is 0 Å². The predicted molar refractivity (Wildman–Crippen MR) is 160 cm³/mol. The van der Waals surface area contributed by atoms with E-state index in [1.165, 1.54) is 11.8 Å². The molecule has 0 spiro atoms. The van der Waals surface area contributed by atoms with Gasteiger partial charge in [0.05, 0.1) is 28.3 Å². The van der Waals surface area contributed by atoms with Crippen molar-refractivity contribution in [3.63, 3.8) is 0 Å². The summed E-state index contributed by atoms with van der Waals surface area (Å²) in [5.74, 6) is -0.447. The molecule has 1 fully saturated rings. The number of amidine groups is 1. The van der Waals surface area contributed by atoms with Crippen molar-refractivity contribution < 1.29 is 19.4 Å². The molecule has 3 aromatic rings. The van der Waals surface area contributed by atoms with Crippen LogP contribution in [0.5, 0.6) is 5.75 Å². The molecule has 3 aromatic carbocycles. The molecule has 1 aliphatic rings. The van der Waals surface area contributed by atoms with Crippen LogP contribution in [0.2, 0.25) is 5.02 Å². The van der Waals surface area contributed by atoms with Gasteiger partial charge in [-0.1, -0.05) is 23.7 Å². The first-order valence-corrected chi connectivity index (χ1v) is 14.0. The number of carboxylic acids is 1. The van der Waals surface area contributed by atoms with Crippen LogP contribution in [0.3, 0.4) is 0 Å². The summed E-state index contributed by atoms with van der Waals surface area (Å²) < 4.78 is 8.57. The second-order valence-corrected chi connectivity index (χ2v) is 11.8. The van der Waals surface area contributed by atoms with Crippen molar-refractivity contribution in [1.29, 1.82) is 0 Å². The molecule has 1 saturated heterocycles. The smallest absolute Gasteiger partial charge is 0.335 e. The van der Waals surface area contributed by atoms with E-state index < -0.39 is 5.97 Å². The van der Waals surface area contributed by atoms with E-state index in [4.69, 9.17) is 21.4 Å². The number of carbonyl (C=O) groups is 2. The normalized spacial score (nSPS) is 15.5. The van der Waals surface area contributed by atoms with Gasteiger partial charge in [-0.2, -0.15) is 0 Å². The van der Waals surface area contributed by atoms with Crippen LogP contribution in [-0.4, -0.2) is 22.2 Å². The Hall–Kier alpha value is -1.61. The van der Waals surface area contributed by atoms with Crippen molar-refractivity contribution in [2.24, 2.45) is 4.99 Å². The first-order valence-electron chi connectivity index (χ1n) is 9.88. The Morgan fingerprint density at radius 1 is 1.14 bits per heavy atom. The molecule has 0 aliphatic carbocycles. The molecule has 2 N–H and O–H groups in total. The summed E-state index contributed by atoms with van der Waals surface area (Å²) in [6.45, 7) is 0.310. The third kappa shape index (κ3) is 6.79. The van der Waals surface area contributed by atoms with E-state index in [1.807, 2.05) is 18.2 Å². The molecule has 0 saturated carbocycles. The number of aromatic carboxylic acids is 1. The molecule has 4 rings (SSSR count). The number of halogens is 4. The maximum absolute atomic E-state index is 12.5. The maximum atomic E-state index is 12.5. The van der Waals surface area contributed by atoms with Gasteiger partial charge in [-0.25, -0.2) is 9.79 Å². The number of carbonyl (C=O) groups excluding carboxylic acids is 1. The maximum Gasteiger partial charge on any atom is 0.335 e. The number of aliphatic imine (C=N–C) groups is 1. The highest BCUT2D eigenvalue weighted by molar-refractivity contribution is 14.1. The number of rotatable bonds is 6. The topological polar surface area (TPSA) is 88.0 Å². The third-order valence-corrected chi connectivity index (χ3v) is 8.43. The van der Waals surface area contributed by atoms with Gasteiger partial charge in [-0.05, 0) is 133 Å². The first-order chi connectivity index (χ1) is 16.7. The van der Waals surface area contributed by atoms with Crippen LogP contribution < -0.4 is 10.1 Å². The highest BCUT2D eigenvalue weighted by Crippen LogP contribution is 2.34. The van der Waals surface area contributed by atoms with Crippen LogP contribution in [0.4, 0.5) is 5.69 Å². The number of hydrogen-bond acceptors (Lipinski definition) is 5. The highest BCUT2D eigenvalue weighted by atomic mass is 127. The molecular weight excluding hydrogens is 782 g/mol. The van der Waals surface area contributed by atoms with Crippen LogP contribution >= 0.6 is 84.5 Å². The van der Waals surface area contributed by atoms with Gasteiger partial charge < -0.3 is 15.2 Å². The Bertz CT molecular complexity index is 1370. The number of thioether (sulfide) groups is 1. The van der Waals surface area contributed by atoms with Crippen molar-refractivity contribution in [2.45, 2.75) is 6.61 Å². The lowest BCUT2D eigenvalue weighted by Gasteiger charge is -2.12. The number of amides is 1. The standard InChI is InChI=1S/C24H14BrClI2N2O4S/c25-16-6-5-15(10-17(16)26)29-24-30-22(31)20(35-24)9-13-7-18(27)21(19(28)8-13)34-11-12-1-3-14(4-2-12)23(32)33/h1-10H,11H2,(H,32,33)(H,29,30,31)/b20-9-. The molecule has 0 aromatic heterocycles. The van der Waals surface area contributed by atoms with Gasteiger partial charge in [-0.3, -0.25) is 4.79 Å². The van der Waals surface area contributed by atoms with E-state index in [1.54, 1.807) is 42.5 Å². The highest BCUT2D eigenvalue weighted by Gasteiger charge is 2.24. The summed E-state index contributed by atoms with van der Waals surface area (Å²) >= 11 is 15.1. The molecule has 0 unspecified atom stereocenters. The number of benzene rings is 3. The lowest BCUT2D eigenvalue weighted by atomic mass is 10.1. The van der Waals surface area contributed by atoms with Crippen molar-refractivity contribution >= 4 is 113 Å². The van der Waals surface area contributed by atoms with Crippen molar-refractivity contribution in [3.05, 3.63) is 92.8 Å². The van der Waals surface area contributed by atoms with Gasteiger partial charge in [0.1, 0.15) is 12.4 Å². The second kappa shape index (κ2) is 11.6. The molecular formula is C24H14BrClI2N2O4S. The third-order valence-electron chi connectivity index (χ3n) is 4.69. The Kier molecular flexibility index (Phi) is 8.79. The summed E-state index contributed by atoms with van der Waals surface area (Å²) in [4.78, 5) is 28.5. The number of nitrogens with zero attached hydrogens (tertiary/aromatic N) is 1. The van der Waals surface area contributed by atoms with Gasteiger partial charge >= 0.3 is 5.97 Å². The van der Waals surface area contributed by atoms with E-state index in [9.17, 15) is 9.59 Å². The summed E-state index contributed by atoms with van der Waals surface area (Å²) in [6, 6.07) is 15.8. The van der Waals surface area contributed by atoms with E-state index in [0.29, 0.717) is 27.4 Å². The van der Waals surface area contributed by atoms with E-state index in [-0.39, 0.29) is 11.5 Å². The van der Waals surface area contributed by atoms with E-state index in [0.717, 1.165) is 28.5 Å². The van der Waals surface area contributed by atoms with Gasteiger partial charge in [-0.15, -0.1) is 0 Å². The average molecular weight is 796 g/mol. The molecule has 0 bridgehead atoms. The minimum absolute atomic E-state index is 0.216. The molecule has 1 heterocycles. The quantitative estimate of drug-likeness (QED) is 0.200. The monoisotopic (exact) mass is 794 g/mol. The molecule has 35 heavy (non-hydrogen) atoms. The minimum Gasteiger partial charge on any atom is -0.487 e. The summed E-state index contributed by atoms with van der Waals surface area (Å²) in [5.41, 5.74) is 2.61. The molecule has 0 atom stereocenters. The number of ether oxygens (including phenoxy) is 1. The Morgan fingerprint density at radius 3 is 2.46 bits per heavy atom. The Morgan fingerprint density at radius 2 is 1.83 bits per heavy atom. The van der Waals surface area contributed by atoms with Crippen molar-refractivity contribution in [2.75, 3.05) is 0 Å². The lowest BCUT2D eigenvalue weighted by Crippen LogP contribution is -2.19. The molecule has 1 amide bonds. The molecule has 0 radical (unpaired) electrons. The first kappa shape index (κ1) is 26.5. The van der Waals surface area contributed by atoms with Gasteiger partial charge in [0, 0.05) is 4.47 Å². The van der Waals surface area contributed by atoms with E-state index >= 15 is 0 Å². The van der Waals surface area contributed by atoms with Crippen LogP contribution in [0.1, 0.15) is 21.5 Å². The SMILES string of the molecule is O=C1NC(=Nc2ccc(Br)c(Cl)c2)S/C1=C\c1cc(I)c(OCc2ccc(C(=O)O)cc2)c(I)c1. The molecule has 178 valence electrons. The van der Waals surface area contributed by atoms with Crippen molar-refractivity contribution in [1.82, 2.24) is 5.32 Å². The Labute approximate surface area is 246 Å². The zero-order valence-electron chi connectivity index (χ0n) is 17.5. The largest absolute Gasteiger partial charge is 0.487 e. The number of hydrogen-bond donors (Lipinski definition) is 2. The van der Waals surface area contributed by atoms with Gasteiger partial charge in [0.25, 0.3) is 5.91 Å². The summed E-state index contributed by atoms with van der Waals surface area (Å²) in [7, 11) is 0. The molecule has 11 heteroatoms. The molecule has 1 aliphatic heterocycles. The van der Waals surface area contributed by atoms with Crippen LogP contribution in [0.15, 0.2) is 69.0 Å². The van der Waals surface area contributed by atoms with Crippen LogP contribution in [-0.2, 0) is 11.4 Å². The van der Waals surface area contributed by atoms with Gasteiger partial charge in [0.15, 0.2) is 5.17 Å². The van der Waals surface area contributed by atoms with Crippen LogP contribution in [0, 0.1) is 7.14 Å². The van der Waals surface area contributed by atoms with E-state index in [2.05, 4.69) is 71.4 Å². The number of carboxylic acid groups (broad SMARTS) is 1. The minimum atomic E-state index is -0.962. The number of nitrogens with one attached hydrogen (secondary N) is 1. The van der Waals surface area contributed by atoms with Crippen LogP contribution in [0.25, 0.3) is 6.08 Å². The fourth-order valence-electron chi connectivity index (χ4n) is 3.00. The fraction of sp³-hybridized carbons (Fsp3) is 0.0417. The molecule has 6 nitrogen and oxygen atoms in total. The Balaban J connectivity index is 1.48. The lowest BCUT2D eigenvalue weighted by molar-refractivity contribution is -0.115. The van der Waals surface area contributed by atoms with Crippen molar-refractivity contribution in [3.8, 4) is 5.75 Å². The average Bonchev–Trinajstić information content (AvgIpc) is 3.14.